The molecule has 2 aromatic heterocycles. The zero-order valence-corrected chi connectivity index (χ0v) is 13.0. The van der Waals surface area contributed by atoms with E-state index in [0.29, 0.717) is 6.54 Å². The standard InChI is InChI=1S/C17H18N2OS/c1-12-7-9-21-17(12)15-5-3-4-14(10-15)16-6-8-19(18-16)11-13(2)20/h3-10,13,20H,11H2,1-2H3/t13-/m0/s1. The van der Waals surface area contributed by atoms with Gasteiger partial charge in [0.2, 0.25) is 0 Å². The highest BCUT2D eigenvalue weighted by Gasteiger charge is 2.08. The normalized spacial score (nSPS) is 12.5. The van der Waals surface area contributed by atoms with E-state index in [9.17, 15) is 5.11 Å². The van der Waals surface area contributed by atoms with E-state index >= 15 is 0 Å². The van der Waals surface area contributed by atoms with E-state index < -0.39 is 6.10 Å². The summed E-state index contributed by atoms with van der Waals surface area (Å²) in [5.74, 6) is 0. The lowest BCUT2D eigenvalue weighted by atomic mass is 10.1. The van der Waals surface area contributed by atoms with Crippen LogP contribution in [0.3, 0.4) is 0 Å². The number of nitrogens with zero attached hydrogens (tertiary/aromatic N) is 2. The molecule has 0 amide bonds. The molecule has 1 N–H and O–H groups in total. The molecule has 0 fully saturated rings. The fraction of sp³-hybridized carbons (Fsp3) is 0.235. The molecular formula is C17H18N2OS. The van der Waals surface area contributed by atoms with Crippen molar-refractivity contribution in [2.24, 2.45) is 0 Å². The van der Waals surface area contributed by atoms with Gasteiger partial charge in [-0.25, -0.2) is 0 Å². The second-order valence-electron chi connectivity index (χ2n) is 5.29. The van der Waals surface area contributed by atoms with Crippen molar-refractivity contribution in [1.82, 2.24) is 9.78 Å². The quantitative estimate of drug-likeness (QED) is 0.791. The van der Waals surface area contributed by atoms with Gasteiger partial charge in [-0.1, -0.05) is 18.2 Å². The van der Waals surface area contributed by atoms with E-state index in [1.807, 2.05) is 12.3 Å². The van der Waals surface area contributed by atoms with Gasteiger partial charge in [0.15, 0.2) is 0 Å². The minimum Gasteiger partial charge on any atom is -0.391 e. The zero-order valence-electron chi connectivity index (χ0n) is 12.2. The van der Waals surface area contributed by atoms with Crippen LogP contribution in [0.25, 0.3) is 21.7 Å². The van der Waals surface area contributed by atoms with Gasteiger partial charge in [0.25, 0.3) is 0 Å². The lowest BCUT2D eigenvalue weighted by Crippen LogP contribution is -2.11. The first kappa shape index (κ1) is 14.0. The van der Waals surface area contributed by atoms with Gasteiger partial charge in [0.05, 0.1) is 18.3 Å². The second-order valence-corrected chi connectivity index (χ2v) is 6.20. The Kier molecular flexibility index (Phi) is 3.90. The van der Waals surface area contributed by atoms with E-state index in [1.165, 1.54) is 16.0 Å². The summed E-state index contributed by atoms with van der Waals surface area (Å²) in [4.78, 5) is 1.31. The van der Waals surface area contributed by atoms with Crippen LogP contribution in [0.5, 0.6) is 0 Å². The number of thiophene rings is 1. The zero-order chi connectivity index (χ0) is 14.8. The van der Waals surface area contributed by atoms with Crippen LogP contribution in [0.2, 0.25) is 0 Å². The fourth-order valence-corrected chi connectivity index (χ4v) is 3.30. The monoisotopic (exact) mass is 298 g/mol. The summed E-state index contributed by atoms with van der Waals surface area (Å²) in [6.07, 6.45) is 1.52. The topological polar surface area (TPSA) is 38.0 Å². The molecule has 0 saturated carbocycles. The van der Waals surface area contributed by atoms with Crippen LogP contribution < -0.4 is 0 Å². The summed E-state index contributed by atoms with van der Waals surface area (Å²) >= 11 is 1.76. The summed E-state index contributed by atoms with van der Waals surface area (Å²) in [5.41, 5.74) is 4.57. The molecule has 108 valence electrons. The summed E-state index contributed by atoms with van der Waals surface area (Å²) in [7, 11) is 0. The number of aliphatic hydroxyl groups excluding tert-OH is 1. The highest BCUT2D eigenvalue weighted by atomic mass is 32.1. The van der Waals surface area contributed by atoms with E-state index in [1.54, 1.807) is 22.9 Å². The van der Waals surface area contributed by atoms with Crippen molar-refractivity contribution in [3.8, 4) is 21.7 Å². The summed E-state index contributed by atoms with van der Waals surface area (Å²) in [5, 5.41) is 16.1. The molecule has 0 aliphatic rings. The predicted molar refractivity (Wildman–Crippen MR) is 87.4 cm³/mol. The van der Waals surface area contributed by atoms with Crippen molar-refractivity contribution in [3.05, 3.63) is 53.5 Å². The summed E-state index contributed by atoms with van der Waals surface area (Å²) in [6.45, 7) is 4.42. The molecule has 0 saturated heterocycles. The fourth-order valence-electron chi connectivity index (χ4n) is 2.38. The third kappa shape index (κ3) is 3.06. The molecule has 4 heteroatoms. The maximum Gasteiger partial charge on any atom is 0.0923 e. The van der Waals surface area contributed by atoms with Crippen LogP contribution in [0, 0.1) is 6.92 Å². The Labute approximate surface area is 128 Å². The minimum atomic E-state index is -0.391. The maximum atomic E-state index is 9.43. The molecule has 2 heterocycles. The van der Waals surface area contributed by atoms with Crippen LogP contribution in [-0.2, 0) is 6.54 Å². The number of aliphatic hydroxyl groups is 1. The summed E-state index contributed by atoms with van der Waals surface area (Å²) < 4.78 is 1.78. The van der Waals surface area contributed by atoms with Crippen molar-refractivity contribution in [3.63, 3.8) is 0 Å². The highest BCUT2D eigenvalue weighted by Crippen LogP contribution is 2.31. The summed E-state index contributed by atoms with van der Waals surface area (Å²) in [6, 6.07) is 12.6. The van der Waals surface area contributed by atoms with Crippen LogP contribution in [-0.4, -0.2) is 21.0 Å². The Morgan fingerprint density at radius 2 is 2.05 bits per heavy atom. The van der Waals surface area contributed by atoms with Crippen LogP contribution in [0.1, 0.15) is 12.5 Å². The van der Waals surface area contributed by atoms with Crippen molar-refractivity contribution in [1.29, 1.82) is 0 Å². The number of aromatic nitrogens is 2. The average molecular weight is 298 g/mol. The lowest BCUT2D eigenvalue weighted by molar-refractivity contribution is 0.168. The van der Waals surface area contributed by atoms with Crippen molar-refractivity contribution >= 4 is 11.3 Å². The van der Waals surface area contributed by atoms with E-state index in [-0.39, 0.29) is 0 Å². The molecule has 1 aromatic carbocycles. The van der Waals surface area contributed by atoms with Gasteiger partial charge in [-0.15, -0.1) is 11.3 Å². The number of hydrogen-bond donors (Lipinski definition) is 1. The second kappa shape index (κ2) is 5.84. The minimum absolute atomic E-state index is 0.391. The maximum absolute atomic E-state index is 9.43. The van der Waals surface area contributed by atoms with Gasteiger partial charge in [0, 0.05) is 16.6 Å². The Morgan fingerprint density at radius 1 is 1.24 bits per heavy atom. The number of hydrogen-bond acceptors (Lipinski definition) is 3. The van der Waals surface area contributed by atoms with Crippen molar-refractivity contribution < 1.29 is 5.11 Å². The molecule has 3 aromatic rings. The van der Waals surface area contributed by atoms with Gasteiger partial charge in [0.1, 0.15) is 0 Å². The van der Waals surface area contributed by atoms with Gasteiger partial charge >= 0.3 is 0 Å². The Morgan fingerprint density at radius 3 is 2.76 bits per heavy atom. The van der Waals surface area contributed by atoms with Crippen LogP contribution in [0.15, 0.2) is 48.0 Å². The molecular weight excluding hydrogens is 280 g/mol. The molecule has 1 atom stereocenters. The number of benzene rings is 1. The third-order valence-electron chi connectivity index (χ3n) is 3.37. The van der Waals surface area contributed by atoms with Crippen LogP contribution in [0.4, 0.5) is 0 Å². The van der Waals surface area contributed by atoms with Gasteiger partial charge in [-0.05, 0) is 48.6 Å². The molecule has 0 radical (unpaired) electrons. The van der Waals surface area contributed by atoms with E-state index in [4.69, 9.17) is 0 Å². The molecule has 0 spiro atoms. The van der Waals surface area contributed by atoms with Crippen LogP contribution >= 0.6 is 11.3 Å². The smallest absolute Gasteiger partial charge is 0.0923 e. The molecule has 0 unspecified atom stereocenters. The first-order chi connectivity index (χ1) is 10.1. The molecule has 3 rings (SSSR count). The SMILES string of the molecule is Cc1ccsc1-c1cccc(-c2ccn(C[C@H](C)O)n2)c1. The lowest BCUT2D eigenvalue weighted by Gasteiger charge is -2.05. The highest BCUT2D eigenvalue weighted by molar-refractivity contribution is 7.13. The molecule has 0 aliphatic heterocycles. The molecule has 3 nitrogen and oxygen atoms in total. The van der Waals surface area contributed by atoms with Crippen molar-refractivity contribution in [2.45, 2.75) is 26.5 Å². The number of rotatable bonds is 4. The molecule has 21 heavy (non-hydrogen) atoms. The van der Waals surface area contributed by atoms with Gasteiger partial charge in [-0.2, -0.15) is 5.10 Å². The average Bonchev–Trinajstić information content (AvgIpc) is 3.07. The van der Waals surface area contributed by atoms with Gasteiger partial charge in [-0.3, -0.25) is 4.68 Å². The number of aryl methyl sites for hydroxylation is 1. The Hall–Kier alpha value is -1.91. The van der Waals surface area contributed by atoms with E-state index in [2.05, 4.69) is 47.7 Å². The Bertz CT molecular complexity index is 743. The molecule has 0 bridgehead atoms. The predicted octanol–water partition coefficient (Wildman–Crippen LogP) is 3.97. The van der Waals surface area contributed by atoms with Crippen molar-refractivity contribution in [2.75, 3.05) is 0 Å². The van der Waals surface area contributed by atoms with E-state index in [0.717, 1.165) is 11.3 Å². The first-order valence-corrected chi connectivity index (χ1v) is 7.88. The molecule has 0 aliphatic carbocycles. The third-order valence-corrected chi connectivity index (χ3v) is 4.44. The van der Waals surface area contributed by atoms with Gasteiger partial charge < -0.3 is 5.11 Å². The first-order valence-electron chi connectivity index (χ1n) is 7.00. The Balaban J connectivity index is 1.93. The largest absolute Gasteiger partial charge is 0.391 e.